The van der Waals surface area contributed by atoms with E-state index in [-0.39, 0.29) is 28.1 Å². The van der Waals surface area contributed by atoms with Gasteiger partial charge in [0.2, 0.25) is 0 Å². The first kappa shape index (κ1) is 24.3. The third-order valence-electron chi connectivity index (χ3n) is 5.54. The molecule has 3 aromatic rings. The standard InChI is InChI=1S/C27H23ClFNO5/c1-15(2)35-20-6-4-5-17(13-20)25(31)23-24(16-7-10-19(34-3)11-8-16)30(27(33)26(23)32)18-9-12-22(29)21(28)14-18/h4-15,24,31H,1-3H3/b25-23+. The molecular formula is C27H23ClFNO5. The van der Waals surface area contributed by atoms with Crippen LogP contribution >= 0.6 is 11.6 Å². The van der Waals surface area contributed by atoms with Gasteiger partial charge in [0.25, 0.3) is 11.7 Å². The van der Waals surface area contributed by atoms with Crippen LogP contribution in [0, 0.1) is 5.82 Å². The molecule has 1 amide bonds. The number of benzene rings is 3. The average molecular weight is 496 g/mol. The summed E-state index contributed by atoms with van der Waals surface area (Å²) >= 11 is 5.97. The Morgan fingerprint density at radius 2 is 1.74 bits per heavy atom. The molecule has 0 saturated carbocycles. The molecule has 0 bridgehead atoms. The Kier molecular flexibility index (Phi) is 6.80. The number of methoxy groups -OCH3 is 1. The van der Waals surface area contributed by atoms with Crippen LogP contribution in [0.1, 0.15) is 31.0 Å². The smallest absolute Gasteiger partial charge is 0.300 e. The van der Waals surface area contributed by atoms with E-state index in [1.807, 2.05) is 13.8 Å². The Labute approximate surface area is 207 Å². The fourth-order valence-electron chi connectivity index (χ4n) is 3.98. The van der Waals surface area contributed by atoms with Crippen molar-refractivity contribution in [3.8, 4) is 11.5 Å². The highest BCUT2D eigenvalue weighted by Crippen LogP contribution is 2.43. The number of carbonyl (C=O) groups is 2. The van der Waals surface area contributed by atoms with E-state index in [2.05, 4.69) is 0 Å². The Hall–Kier alpha value is -3.84. The Balaban J connectivity index is 1.91. The molecule has 1 heterocycles. The lowest BCUT2D eigenvalue weighted by Crippen LogP contribution is -2.29. The zero-order valence-corrected chi connectivity index (χ0v) is 20.0. The molecule has 1 aliphatic heterocycles. The number of nitrogens with zero attached hydrogens (tertiary/aromatic N) is 1. The maximum Gasteiger partial charge on any atom is 0.300 e. The number of aliphatic hydroxyl groups excluding tert-OH is 1. The number of anilines is 1. The highest BCUT2D eigenvalue weighted by molar-refractivity contribution is 6.51. The van der Waals surface area contributed by atoms with Gasteiger partial charge in [0.15, 0.2) is 0 Å². The number of hydrogen-bond donors (Lipinski definition) is 1. The summed E-state index contributed by atoms with van der Waals surface area (Å²) in [5.41, 5.74) is 0.968. The van der Waals surface area contributed by atoms with Gasteiger partial charge in [-0.1, -0.05) is 35.9 Å². The van der Waals surface area contributed by atoms with Crippen LogP contribution in [0.3, 0.4) is 0 Å². The summed E-state index contributed by atoms with van der Waals surface area (Å²) in [6.07, 6.45) is -0.0968. The summed E-state index contributed by atoms with van der Waals surface area (Å²) in [6, 6.07) is 16.2. The second kappa shape index (κ2) is 9.80. The minimum Gasteiger partial charge on any atom is -0.507 e. The Morgan fingerprint density at radius 3 is 2.37 bits per heavy atom. The molecule has 0 aromatic heterocycles. The Morgan fingerprint density at radius 1 is 1.03 bits per heavy atom. The highest BCUT2D eigenvalue weighted by atomic mass is 35.5. The predicted octanol–water partition coefficient (Wildman–Crippen LogP) is 5.90. The van der Waals surface area contributed by atoms with E-state index in [0.29, 0.717) is 22.6 Å². The van der Waals surface area contributed by atoms with Crippen LogP contribution in [-0.4, -0.2) is 30.0 Å². The van der Waals surface area contributed by atoms with Crippen LogP contribution in [0.4, 0.5) is 10.1 Å². The van der Waals surface area contributed by atoms with Crippen LogP contribution in [-0.2, 0) is 9.59 Å². The molecule has 1 saturated heterocycles. The van der Waals surface area contributed by atoms with Gasteiger partial charge in [-0.15, -0.1) is 0 Å². The molecule has 1 unspecified atom stereocenters. The van der Waals surface area contributed by atoms with Crippen molar-refractivity contribution in [3.05, 3.63) is 94.3 Å². The van der Waals surface area contributed by atoms with Crippen LogP contribution in [0.25, 0.3) is 5.76 Å². The molecule has 3 aromatic carbocycles. The molecule has 0 spiro atoms. The number of aliphatic hydroxyl groups is 1. The van der Waals surface area contributed by atoms with Crippen molar-refractivity contribution >= 4 is 34.7 Å². The molecule has 0 radical (unpaired) electrons. The van der Waals surface area contributed by atoms with Crippen molar-refractivity contribution in [2.45, 2.75) is 26.0 Å². The van der Waals surface area contributed by atoms with E-state index in [4.69, 9.17) is 21.1 Å². The summed E-state index contributed by atoms with van der Waals surface area (Å²) in [5.74, 6) is -1.67. The van der Waals surface area contributed by atoms with Crippen molar-refractivity contribution in [1.29, 1.82) is 0 Å². The number of ether oxygens (including phenoxy) is 2. The maximum atomic E-state index is 13.8. The fraction of sp³-hybridized carbons (Fsp3) is 0.185. The van der Waals surface area contributed by atoms with Crippen molar-refractivity contribution in [2.24, 2.45) is 0 Å². The number of carbonyl (C=O) groups excluding carboxylic acids is 2. The van der Waals surface area contributed by atoms with E-state index >= 15 is 0 Å². The van der Waals surface area contributed by atoms with Crippen LogP contribution in [0.2, 0.25) is 5.02 Å². The first-order valence-electron chi connectivity index (χ1n) is 10.9. The SMILES string of the molecule is COc1ccc(C2/C(=C(\O)c3cccc(OC(C)C)c3)C(=O)C(=O)N2c2ccc(F)c(Cl)c2)cc1. The minimum absolute atomic E-state index is 0.0968. The number of halogens is 2. The van der Waals surface area contributed by atoms with Crippen LogP contribution < -0.4 is 14.4 Å². The first-order chi connectivity index (χ1) is 16.7. The first-order valence-corrected chi connectivity index (χ1v) is 11.3. The average Bonchev–Trinajstić information content (AvgIpc) is 3.10. The van der Waals surface area contributed by atoms with Gasteiger partial charge in [0, 0.05) is 11.3 Å². The summed E-state index contributed by atoms with van der Waals surface area (Å²) in [4.78, 5) is 27.7. The maximum absolute atomic E-state index is 13.8. The lowest BCUT2D eigenvalue weighted by Gasteiger charge is -2.26. The van der Waals surface area contributed by atoms with Gasteiger partial charge >= 0.3 is 0 Å². The normalized spacial score (nSPS) is 17.2. The second-order valence-electron chi connectivity index (χ2n) is 8.24. The number of ketones is 1. The zero-order chi connectivity index (χ0) is 25.3. The molecule has 0 aliphatic carbocycles. The molecular weight excluding hydrogens is 473 g/mol. The third-order valence-corrected chi connectivity index (χ3v) is 5.83. The quantitative estimate of drug-likeness (QED) is 0.262. The van der Waals surface area contributed by atoms with Crippen molar-refractivity contribution in [2.75, 3.05) is 12.0 Å². The van der Waals surface area contributed by atoms with Crippen molar-refractivity contribution in [1.82, 2.24) is 0 Å². The van der Waals surface area contributed by atoms with E-state index in [1.54, 1.807) is 48.5 Å². The van der Waals surface area contributed by atoms with Gasteiger partial charge < -0.3 is 14.6 Å². The number of amides is 1. The molecule has 6 nitrogen and oxygen atoms in total. The predicted molar refractivity (Wildman–Crippen MR) is 131 cm³/mol. The monoisotopic (exact) mass is 495 g/mol. The fourth-order valence-corrected chi connectivity index (χ4v) is 4.15. The van der Waals surface area contributed by atoms with Gasteiger partial charge in [-0.25, -0.2) is 4.39 Å². The molecule has 1 aliphatic rings. The Bertz CT molecular complexity index is 1320. The van der Waals surface area contributed by atoms with E-state index in [9.17, 15) is 19.1 Å². The van der Waals surface area contributed by atoms with Gasteiger partial charge in [-0.2, -0.15) is 0 Å². The van der Waals surface area contributed by atoms with Crippen LogP contribution in [0.5, 0.6) is 11.5 Å². The molecule has 1 fully saturated rings. The summed E-state index contributed by atoms with van der Waals surface area (Å²) in [6.45, 7) is 3.74. The lowest BCUT2D eigenvalue weighted by atomic mass is 9.95. The van der Waals surface area contributed by atoms with E-state index < -0.39 is 23.5 Å². The number of hydrogen-bond acceptors (Lipinski definition) is 5. The highest BCUT2D eigenvalue weighted by Gasteiger charge is 2.47. The van der Waals surface area contributed by atoms with Crippen molar-refractivity contribution < 1.29 is 28.6 Å². The largest absolute Gasteiger partial charge is 0.507 e. The second-order valence-corrected chi connectivity index (χ2v) is 8.64. The van der Waals surface area contributed by atoms with Gasteiger partial charge in [0.1, 0.15) is 23.1 Å². The van der Waals surface area contributed by atoms with E-state index in [0.717, 1.165) is 6.07 Å². The number of rotatable bonds is 6. The van der Waals surface area contributed by atoms with E-state index in [1.165, 1.54) is 24.1 Å². The van der Waals surface area contributed by atoms with Crippen LogP contribution in [0.15, 0.2) is 72.3 Å². The summed E-state index contributed by atoms with van der Waals surface area (Å²) < 4.78 is 24.8. The third kappa shape index (κ3) is 4.72. The molecule has 35 heavy (non-hydrogen) atoms. The zero-order valence-electron chi connectivity index (χ0n) is 19.3. The van der Waals surface area contributed by atoms with Crippen molar-refractivity contribution in [3.63, 3.8) is 0 Å². The molecule has 4 rings (SSSR count). The summed E-state index contributed by atoms with van der Waals surface area (Å²) in [5, 5.41) is 11.1. The molecule has 1 atom stereocenters. The summed E-state index contributed by atoms with van der Waals surface area (Å²) in [7, 11) is 1.52. The number of Topliss-reactive ketones (excluding diaryl/α,β-unsaturated/α-hetero) is 1. The van der Waals surface area contributed by atoms with Gasteiger partial charge in [0.05, 0.1) is 29.9 Å². The lowest BCUT2D eigenvalue weighted by molar-refractivity contribution is -0.132. The molecule has 1 N–H and O–H groups in total. The molecule has 8 heteroatoms. The molecule has 180 valence electrons. The van der Waals surface area contributed by atoms with Gasteiger partial charge in [-0.05, 0) is 61.9 Å². The van der Waals surface area contributed by atoms with Gasteiger partial charge in [-0.3, -0.25) is 14.5 Å². The topological polar surface area (TPSA) is 76.1 Å². The minimum atomic E-state index is -0.989.